The van der Waals surface area contributed by atoms with Crippen molar-refractivity contribution in [3.63, 3.8) is 0 Å². The molecule has 0 radical (unpaired) electrons. The van der Waals surface area contributed by atoms with Gasteiger partial charge in [-0.05, 0) is 30.5 Å². The molecule has 0 saturated heterocycles. The maximum atomic E-state index is 10.4. The lowest BCUT2D eigenvalue weighted by Crippen LogP contribution is -1.90. The van der Waals surface area contributed by atoms with E-state index in [-0.39, 0.29) is 0 Å². The summed E-state index contributed by atoms with van der Waals surface area (Å²) in [7, 11) is 1.65. The molecule has 0 spiro atoms. The second-order valence-corrected chi connectivity index (χ2v) is 3.08. The van der Waals surface area contributed by atoms with Crippen LogP contribution in [0.25, 0.3) is 0 Å². The van der Waals surface area contributed by atoms with Crippen LogP contribution in [0.2, 0.25) is 0 Å². The van der Waals surface area contributed by atoms with E-state index in [1.54, 1.807) is 14.0 Å². The molecular formula is C12H14O2. The van der Waals surface area contributed by atoms with E-state index in [9.17, 15) is 4.79 Å². The molecule has 0 amide bonds. The van der Waals surface area contributed by atoms with Crippen molar-refractivity contribution in [3.05, 3.63) is 41.5 Å². The fourth-order valence-corrected chi connectivity index (χ4v) is 1.19. The molecule has 0 fully saturated rings. The minimum absolute atomic E-state index is 0.731. The zero-order valence-corrected chi connectivity index (χ0v) is 8.49. The molecule has 0 heterocycles. The van der Waals surface area contributed by atoms with Crippen LogP contribution < -0.4 is 4.74 Å². The highest BCUT2D eigenvalue weighted by Gasteiger charge is 1.98. The summed E-state index contributed by atoms with van der Waals surface area (Å²) in [6, 6.07) is 7.80. The van der Waals surface area contributed by atoms with Gasteiger partial charge in [-0.25, -0.2) is 0 Å². The lowest BCUT2D eigenvalue weighted by molar-refractivity contribution is -0.104. The van der Waals surface area contributed by atoms with Crippen LogP contribution in [-0.4, -0.2) is 13.4 Å². The molecule has 0 aliphatic carbocycles. The predicted octanol–water partition coefficient (Wildman–Crippen LogP) is 2.38. The molecule has 2 nitrogen and oxygen atoms in total. The summed E-state index contributed by atoms with van der Waals surface area (Å²) in [6.07, 6.45) is 3.48. The number of para-hydroxylation sites is 1. The van der Waals surface area contributed by atoms with Crippen LogP contribution in [0, 0.1) is 0 Å². The zero-order chi connectivity index (χ0) is 10.4. The highest BCUT2D eigenvalue weighted by Crippen LogP contribution is 2.18. The fraction of sp³-hybridized carbons (Fsp3) is 0.250. The first-order valence-corrected chi connectivity index (χ1v) is 4.51. The molecule has 0 bridgehead atoms. The Bertz CT molecular complexity index is 340. The lowest BCUT2D eigenvalue weighted by Gasteiger charge is -2.05. The van der Waals surface area contributed by atoms with Gasteiger partial charge < -0.3 is 4.74 Å². The van der Waals surface area contributed by atoms with E-state index in [1.807, 2.05) is 30.3 Å². The monoisotopic (exact) mass is 190 g/mol. The number of hydrogen-bond donors (Lipinski definition) is 0. The number of methoxy groups -OCH3 is 1. The van der Waals surface area contributed by atoms with Gasteiger partial charge in [0.15, 0.2) is 0 Å². The summed E-state index contributed by atoms with van der Waals surface area (Å²) in [4.78, 5) is 10.4. The van der Waals surface area contributed by atoms with Gasteiger partial charge in [-0.1, -0.05) is 24.3 Å². The van der Waals surface area contributed by atoms with Crippen LogP contribution in [0.5, 0.6) is 5.75 Å². The molecule has 0 unspecified atom stereocenters. The largest absolute Gasteiger partial charge is 0.496 e. The minimum Gasteiger partial charge on any atom is -0.496 e. The normalized spacial score (nSPS) is 11.1. The smallest absolute Gasteiger partial charge is 0.145 e. The third-order valence-electron chi connectivity index (χ3n) is 2.02. The number of benzene rings is 1. The van der Waals surface area contributed by atoms with Gasteiger partial charge in [0.05, 0.1) is 7.11 Å². The van der Waals surface area contributed by atoms with E-state index >= 15 is 0 Å². The van der Waals surface area contributed by atoms with E-state index in [1.165, 1.54) is 0 Å². The Morgan fingerprint density at radius 2 is 2.14 bits per heavy atom. The van der Waals surface area contributed by atoms with Gasteiger partial charge in [-0.15, -0.1) is 0 Å². The number of rotatable bonds is 4. The zero-order valence-electron chi connectivity index (χ0n) is 8.49. The first kappa shape index (κ1) is 10.5. The Labute approximate surface area is 84.2 Å². The highest BCUT2D eigenvalue weighted by molar-refractivity contribution is 5.72. The van der Waals surface area contributed by atoms with Gasteiger partial charge in [0.1, 0.15) is 12.0 Å². The highest BCUT2D eigenvalue weighted by atomic mass is 16.5. The average molecular weight is 190 g/mol. The van der Waals surface area contributed by atoms with Gasteiger partial charge in [0, 0.05) is 0 Å². The van der Waals surface area contributed by atoms with Gasteiger partial charge in [0.2, 0.25) is 0 Å². The van der Waals surface area contributed by atoms with Crippen molar-refractivity contribution < 1.29 is 9.53 Å². The van der Waals surface area contributed by atoms with Crippen molar-refractivity contribution >= 4 is 6.29 Å². The van der Waals surface area contributed by atoms with Crippen molar-refractivity contribution in [1.82, 2.24) is 0 Å². The first-order chi connectivity index (χ1) is 6.77. The van der Waals surface area contributed by atoms with Gasteiger partial charge in [0.25, 0.3) is 0 Å². The summed E-state index contributed by atoms with van der Waals surface area (Å²) in [5, 5.41) is 0. The SMILES string of the molecule is COc1ccccc1C/C=C(\C)C=O. The molecule has 1 rings (SSSR count). The van der Waals surface area contributed by atoms with Crippen molar-refractivity contribution in [2.45, 2.75) is 13.3 Å². The van der Waals surface area contributed by atoms with E-state index in [4.69, 9.17) is 4.74 Å². The van der Waals surface area contributed by atoms with Crippen LogP contribution in [0.4, 0.5) is 0 Å². The van der Waals surface area contributed by atoms with E-state index in [0.717, 1.165) is 29.6 Å². The minimum atomic E-state index is 0.731. The van der Waals surface area contributed by atoms with Crippen molar-refractivity contribution in [3.8, 4) is 5.75 Å². The summed E-state index contributed by atoms with van der Waals surface area (Å²) >= 11 is 0. The van der Waals surface area contributed by atoms with Gasteiger partial charge in [-0.2, -0.15) is 0 Å². The number of ether oxygens (including phenoxy) is 1. The molecule has 1 aromatic carbocycles. The van der Waals surface area contributed by atoms with Crippen molar-refractivity contribution in [1.29, 1.82) is 0 Å². The molecule has 74 valence electrons. The molecule has 0 aliphatic rings. The summed E-state index contributed by atoms with van der Waals surface area (Å²) in [5.41, 5.74) is 1.84. The second kappa shape index (κ2) is 5.22. The Morgan fingerprint density at radius 3 is 2.79 bits per heavy atom. The molecule has 0 saturated carbocycles. The Kier molecular flexibility index (Phi) is 3.92. The van der Waals surface area contributed by atoms with E-state index in [2.05, 4.69) is 0 Å². The molecule has 0 N–H and O–H groups in total. The van der Waals surface area contributed by atoms with E-state index < -0.39 is 0 Å². The second-order valence-electron chi connectivity index (χ2n) is 3.08. The molecular weight excluding hydrogens is 176 g/mol. The Morgan fingerprint density at radius 1 is 1.43 bits per heavy atom. The Hall–Kier alpha value is -1.57. The van der Waals surface area contributed by atoms with Crippen molar-refractivity contribution in [2.75, 3.05) is 7.11 Å². The molecule has 2 heteroatoms. The van der Waals surface area contributed by atoms with Gasteiger partial charge >= 0.3 is 0 Å². The van der Waals surface area contributed by atoms with E-state index in [0.29, 0.717) is 0 Å². The molecule has 0 aliphatic heterocycles. The molecule has 1 aromatic rings. The standard InChI is InChI=1S/C12H14O2/c1-10(9-13)7-8-11-5-3-4-6-12(11)14-2/h3-7,9H,8H2,1-2H3/b10-7+. The number of allylic oxidation sites excluding steroid dienone is 2. The summed E-state index contributed by atoms with van der Waals surface area (Å²) < 4.78 is 5.19. The first-order valence-electron chi connectivity index (χ1n) is 4.51. The maximum absolute atomic E-state index is 10.4. The number of carbonyl (C=O) groups excluding carboxylic acids is 1. The van der Waals surface area contributed by atoms with Crippen LogP contribution in [-0.2, 0) is 11.2 Å². The predicted molar refractivity (Wildman–Crippen MR) is 56.5 cm³/mol. The summed E-state index contributed by atoms with van der Waals surface area (Å²) in [6.45, 7) is 1.79. The van der Waals surface area contributed by atoms with Crippen LogP contribution in [0.3, 0.4) is 0 Å². The van der Waals surface area contributed by atoms with Gasteiger partial charge in [-0.3, -0.25) is 4.79 Å². The number of aldehydes is 1. The third-order valence-corrected chi connectivity index (χ3v) is 2.02. The lowest BCUT2D eigenvalue weighted by atomic mass is 10.1. The Balaban J connectivity index is 2.80. The number of hydrogen-bond acceptors (Lipinski definition) is 2. The van der Waals surface area contributed by atoms with Crippen LogP contribution in [0.15, 0.2) is 35.9 Å². The van der Waals surface area contributed by atoms with Crippen LogP contribution >= 0.6 is 0 Å². The molecule has 0 atom stereocenters. The third kappa shape index (κ3) is 2.73. The topological polar surface area (TPSA) is 26.3 Å². The fourth-order valence-electron chi connectivity index (χ4n) is 1.19. The van der Waals surface area contributed by atoms with Crippen molar-refractivity contribution in [2.24, 2.45) is 0 Å². The maximum Gasteiger partial charge on any atom is 0.145 e. The quantitative estimate of drug-likeness (QED) is 0.538. The summed E-state index contributed by atoms with van der Waals surface area (Å²) in [5.74, 6) is 0.863. The van der Waals surface area contributed by atoms with Crippen LogP contribution in [0.1, 0.15) is 12.5 Å². The molecule has 0 aromatic heterocycles. The average Bonchev–Trinajstić information content (AvgIpc) is 2.26. The number of carbonyl (C=O) groups is 1. The molecule has 14 heavy (non-hydrogen) atoms.